The zero-order valence-corrected chi connectivity index (χ0v) is 12.5. The first kappa shape index (κ1) is 13.5. The van der Waals surface area contributed by atoms with E-state index in [9.17, 15) is 9.59 Å². The predicted molar refractivity (Wildman–Crippen MR) is 77.8 cm³/mol. The van der Waals surface area contributed by atoms with Crippen LogP contribution in [0.15, 0.2) is 0 Å². The maximum atomic E-state index is 12.2. The van der Waals surface area contributed by atoms with Gasteiger partial charge in [0.1, 0.15) is 6.04 Å². The van der Waals surface area contributed by atoms with Gasteiger partial charge >= 0.3 is 0 Å². The first-order valence-corrected chi connectivity index (χ1v) is 8.10. The minimum absolute atomic E-state index is 0.0735. The first-order valence-electron chi connectivity index (χ1n) is 7.28. The topological polar surface area (TPSA) is 62.3 Å². The van der Waals surface area contributed by atoms with E-state index in [2.05, 4.69) is 10.3 Å². The smallest absolute Gasteiger partial charge is 0.252 e. The van der Waals surface area contributed by atoms with Crippen LogP contribution in [0, 0.1) is 0 Å². The number of fused-ring (bicyclic) bond motifs is 1. The summed E-state index contributed by atoms with van der Waals surface area (Å²) in [7, 11) is 0. The van der Waals surface area contributed by atoms with Gasteiger partial charge in [0.2, 0.25) is 5.91 Å². The second-order valence-corrected chi connectivity index (χ2v) is 6.46. The molecular weight excluding hydrogens is 274 g/mol. The molecule has 0 saturated carbocycles. The maximum Gasteiger partial charge on any atom is 0.252 e. The van der Waals surface area contributed by atoms with Crippen LogP contribution in [-0.4, -0.2) is 34.3 Å². The molecule has 2 aliphatic rings. The molecule has 2 heterocycles. The van der Waals surface area contributed by atoms with Gasteiger partial charge in [-0.15, -0.1) is 11.3 Å². The number of aryl methyl sites for hydroxylation is 2. The Morgan fingerprint density at radius 1 is 1.35 bits per heavy atom. The molecule has 1 aromatic heterocycles. The van der Waals surface area contributed by atoms with Crippen molar-refractivity contribution in [2.24, 2.45) is 0 Å². The van der Waals surface area contributed by atoms with Crippen molar-refractivity contribution >= 4 is 28.3 Å². The standard InChI is InChI=1S/C14H19N3O2S/c1-2-7-17-12(18)8-10(13(17)19)16-14-15-9-5-3-4-6-11(9)20-14/h10H,2-8H2,1H3,(H,15,16). The van der Waals surface area contributed by atoms with Crippen molar-refractivity contribution < 1.29 is 9.59 Å². The van der Waals surface area contributed by atoms with Crippen LogP contribution in [0.25, 0.3) is 0 Å². The van der Waals surface area contributed by atoms with Crippen LogP contribution < -0.4 is 5.32 Å². The predicted octanol–water partition coefficient (Wildman–Crippen LogP) is 1.97. The van der Waals surface area contributed by atoms with Gasteiger partial charge in [0.15, 0.2) is 5.13 Å². The Bertz CT molecular complexity index is 517. The Balaban J connectivity index is 1.70. The largest absolute Gasteiger partial charge is 0.349 e. The van der Waals surface area contributed by atoms with Crippen molar-refractivity contribution in [3.05, 3.63) is 10.6 Å². The monoisotopic (exact) mass is 293 g/mol. The van der Waals surface area contributed by atoms with Crippen LogP contribution in [0.4, 0.5) is 5.13 Å². The van der Waals surface area contributed by atoms with Crippen LogP contribution in [0.5, 0.6) is 0 Å². The number of thiazole rings is 1. The first-order chi connectivity index (χ1) is 9.69. The lowest BCUT2D eigenvalue weighted by Crippen LogP contribution is -2.35. The van der Waals surface area contributed by atoms with E-state index in [0.717, 1.165) is 24.4 Å². The van der Waals surface area contributed by atoms with Crippen LogP contribution in [0.3, 0.4) is 0 Å². The van der Waals surface area contributed by atoms with Gasteiger partial charge < -0.3 is 5.32 Å². The number of nitrogens with zero attached hydrogens (tertiary/aromatic N) is 2. The van der Waals surface area contributed by atoms with Crippen molar-refractivity contribution in [2.75, 3.05) is 11.9 Å². The van der Waals surface area contributed by atoms with Gasteiger partial charge in [-0.3, -0.25) is 14.5 Å². The third-order valence-corrected chi connectivity index (χ3v) is 4.92. The van der Waals surface area contributed by atoms with E-state index in [1.807, 2.05) is 6.92 Å². The lowest BCUT2D eigenvalue weighted by Gasteiger charge is -2.13. The quantitative estimate of drug-likeness (QED) is 0.862. The highest BCUT2D eigenvalue weighted by Crippen LogP contribution is 2.30. The SMILES string of the molecule is CCCN1C(=O)CC(Nc2nc3c(s2)CCCC3)C1=O. The van der Waals surface area contributed by atoms with Gasteiger partial charge in [-0.25, -0.2) is 4.98 Å². The highest BCUT2D eigenvalue weighted by Gasteiger charge is 2.38. The molecule has 1 fully saturated rings. The minimum atomic E-state index is -0.429. The molecule has 5 nitrogen and oxygen atoms in total. The summed E-state index contributed by atoms with van der Waals surface area (Å²) in [6.07, 6.45) is 5.60. The third-order valence-electron chi connectivity index (χ3n) is 3.83. The number of imide groups is 1. The number of anilines is 1. The molecule has 1 aromatic rings. The molecule has 1 saturated heterocycles. The van der Waals surface area contributed by atoms with E-state index >= 15 is 0 Å². The molecule has 2 amide bonds. The average Bonchev–Trinajstić information content (AvgIpc) is 2.95. The highest BCUT2D eigenvalue weighted by atomic mass is 32.1. The number of hydrogen-bond acceptors (Lipinski definition) is 5. The van der Waals surface area contributed by atoms with Gasteiger partial charge in [-0.2, -0.15) is 0 Å². The number of carbonyl (C=O) groups excluding carboxylic acids is 2. The van der Waals surface area contributed by atoms with Crippen LogP contribution in [-0.2, 0) is 22.4 Å². The van der Waals surface area contributed by atoms with Crippen molar-refractivity contribution in [1.29, 1.82) is 0 Å². The van der Waals surface area contributed by atoms with Gasteiger partial charge in [0.05, 0.1) is 12.1 Å². The Hall–Kier alpha value is -1.43. The average molecular weight is 293 g/mol. The number of aromatic nitrogens is 1. The van der Waals surface area contributed by atoms with Crippen molar-refractivity contribution in [3.63, 3.8) is 0 Å². The van der Waals surface area contributed by atoms with E-state index in [0.29, 0.717) is 6.54 Å². The molecule has 20 heavy (non-hydrogen) atoms. The summed E-state index contributed by atoms with van der Waals surface area (Å²) in [5.74, 6) is -0.180. The van der Waals surface area contributed by atoms with E-state index in [1.165, 1.54) is 28.3 Å². The molecule has 0 radical (unpaired) electrons. The number of likely N-dealkylation sites (tertiary alicyclic amines) is 1. The number of carbonyl (C=O) groups is 2. The van der Waals surface area contributed by atoms with Crippen molar-refractivity contribution in [2.45, 2.75) is 51.5 Å². The van der Waals surface area contributed by atoms with E-state index in [4.69, 9.17) is 0 Å². The molecule has 108 valence electrons. The number of rotatable bonds is 4. The summed E-state index contributed by atoms with van der Waals surface area (Å²) in [6, 6.07) is -0.429. The zero-order valence-electron chi connectivity index (χ0n) is 11.6. The van der Waals surface area contributed by atoms with Gasteiger partial charge in [-0.05, 0) is 32.1 Å². The molecule has 6 heteroatoms. The van der Waals surface area contributed by atoms with E-state index in [-0.39, 0.29) is 18.2 Å². The summed E-state index contributed by atoms with van der Waals surface area (Å²) >= 11 is 1.64. The van der Waals surface area contributed by atoms with Gasteiger partial charge in [0, 0.05) is 11.4 Å². The second-order valence-electron chi connectivity index (χ2n) is 5.38. The minimum Gasteiger partial charge on any atom is -0.349 e. The van der Waals surface area contributed by atoms with Crippen molar-refractivity contribution in [3.8, 4) is 0 Å². The van der Waals surface area contributed by atoms with Gasteiger partial charge in [0.25, 0.3) is 5.91 Å². The molecule has 3 rings (SSSR count). The lowest BCUT2D eigenvalue weighted by atomic mass is 10.0. The summed E-state index contributed by atoms with van der Waals surface area (Å²) < 4.78 is 0. The molecule has 1 aliphatic carbocycles. The van der Waals surface area contributed by atoms with Gasteiger partial charge in [-0.1, -0.05) is 6.92 Å². The summed E-state index contributed by atoms with van der Waals surface area (Å²) in [5, 5.41) is 3.95. The number of amides is 2. The molecule has 1 atom stereocenters. The van der Waals surface area contributed by atoms with Crippen LogP contribution in [0.1, 0.15) is 43.2 Å². The van der Waals surface area contributed by atoms with Crippen molar-refractivity contribution in [1.82, 2.24) is 9.88 Å². The molecule has 0 spiro atoms. The van der Waals surface area contributed by atoms with E-state index in [1.54, 1.807) is 11.3 Å². The number of hydrogen-bond donors (Lipinski definition) is 1. The third kappa shape index (κ3) is 2.44. The molecule has 1 aliphatic heterocycles. The number of nitrogens with one attached hydrogen (secondary N) is 1. The molecule has 1 unspecified atom stereocenters. The second kappa shape index (κ2) is 5.52. The summed E-state index contributed by atoms with van der Waals surface area (Å²) in [5.41, 5.74) is 1.17. The molecule has 0 aromatic carbocycles. The Labute approximate surface area is 122 Å². The Morgan fingerprint density at radius 2 is 2.15 bits per heavy atom. The fourth-order valence-electron chi connectivity index (χ4n) is 2.82. The Morgan fingerprint density at radius 3 is 2.90 bits per heavy atom. The lowest BCUT2D eigenvalue weighted by molar-refractivity contribution is -0.138. The van der Waals surface area contributed by atoms with Crippen LogP contribution >= 0.6 is 11.3 Å². The molecule has 0 bridgehead atoms. The normalized spacial score (nSPS) is 22.2. The zero-order chi connectivity index (χ0) is 14.1. The summed E-state index contributed by atoms with van der Waals surface area (Å²) in [6.45, 7) is 2.49. The highest BCUT2D eigenvalue weighted by molar-refractivity contribution is 7.15. The van der Waals surface area contributed by atoms with Crippen LogP contribution in [0.2, 0.25) is 0 Å². The Kier molecular flexibility index (Phi) is 3.74. The fraction of sp³-hybridized carbons (Fsp3) is 0.643. The molecule has 1 N–H and O–H groups in total. The van der Waals surface area contributed by atoms with E-state index < -0.39 is 6.04 Å². The molecular formula is C14H19N3O2S. The summed E-state index contributed by atoms with van der Waals surface area (Å²) in [4.78, 5) is 31.3. The fourth-order valence-corrected chi connectivity index (χ4v) is 3.92. The maximum absolute atomic E-state index is 12.2.